The summed E-state index contributed by atoms with van der Waals surface area (Å²) in [5, 5.41) is 0. The van der Waals surface area contributed by atoms with Crippen molar-refractivity contribution in [2.45, 2.75) is 13.1 Å². The van der Waals surface area contributed by atoms with Gasteiger partial charge in [0.25, 0.3) is 0 Å². The fraction of sp³-hybridized carbons (Fsp3) is 0.455. The third kappa shape index (κ3) is 8.08. The van der Waals surface area contributed by atoms with E-state index in [1.54, 1.807) is 0 Å². The highest BCUT2D eigenvalue weighted by Crippen LogP contribution is 2.14. The Morgan fingerprint density at radius 3 is 1.32 bits per heavy atom. The molecule has 2 rings (SSSR count). The Balaban J connectivity index is 1.66. The van der Waals surface area contributed by atoms with E-state index in [9.17, 15) is 0 Å². The number of quaternary nitrogens is 2. The lowest BCUT2D eigenvalue weighted by molar-refractivity contribution is -0.901. The Bertz CT molecular complexity index is 553. The molecule has 0 N–H and O–H groups in total. The highest BCUT2D eigenvalue weighted by molar-refractivity contribution is 7.99. The highest BCUT2D eigenvalue weighted by atomic mass is 32.2. The van der Waals surface area contributed by atoms with Crippen LogP contribution in [0.3, 0.4) is 0 Å². The van der Waals surface area contributed by atoms with Gasteiger partial charge in [-0.25, -0.2) is 0 Å². The lowest BCUT2D eigenvalue weighted by Crippen LogP contribution is -2.42. The Hall–Kier alpha value is -1.29. The molecule has 2 nitrogen and oxygen atoms in total. The summed E-state index contributed by atoms with van der Waals surface area (Å²) in [4.78, 5) is 0. The van der Waals surface area contributed by atoms with Gasteiger partial charge in [-0.15, -0.1) is 0 Å². The summed E-state index contributed by atoms with van der Waals surface area (Å²) in [5.41, 5.74) is 2.86. The maximum absolute atomic E-state index is 2.34. The summed E-state index contributed by atoms with van der Waals surface area (Å²) in [7, 11) is 9.35. The predicted octanol–water partition coefficient (Wildman–Crippen LogP) is 4.27. The summed E-state index contributed by atoms with van der Waals surface area (Å²) in [6.07, 6.45) is 0. The van der Waals surface area contributed by atoms with Crippen LogP contribution in [0.5, 0.6) is 0 Å². The number of thioether (sulfide) groups is 1. The van der Waals surface area contributed by atoms with E-state index in [-0.39, 0.29) is 0 Å². The standard InChI is InChI=1S/C22H34N2S/c1-23(2,19-21-11-7-5-8-12-21)15-17-25-18-16-24(3,4)20-22-13-9-6-10-14-22/h5-14H,15-20H2,1-4H3/q+2. The SMILES string of the molecule is C[N+](C)(CCSCC[N+](C)(C)Cc1ccccc1)Cc1ccccc1. The third-order valence-electron chi connectivity index (χ3n) is 4.59. The number of nitrogens with zero attached hydrogens (tertiary/aromatic N) is 2. The zero-order valence-electron chi connectivity index (χ0n) is 16.3. The number of benzene rings is 2. The minimum Gasteiger partial charge on any atom is -0.324 e. The molecule has 0 saturated heterocycles. The summed E-state index contributed by atoms with van der Waals surface area (Å²) in [5.74, 6) is 2.45. The molecule has 2 aromatic carbocycles. The predicted molar refractivity (Wildman–Crippen MR) is 112 cm³/mol. The van der Waals surface area contributed by atoms with Crippen molar-refractivity contribution in [1.82, 2.24) is 0 Å². The van der Waals surface area contributed by atoms with Crippen molar-refractivity contribution in [3.05, 3.63) is 71.8 Å². The topological polar surface area (TPSA) is 0 Å². The minimum absolute atomic E-state index is 1.05. The molecule has 0 radical (unpaired) electrons. The second kappa shape index (κ2) is 9.42. The van der Waals surface area contributed by atoms with E-state index in [0.717, 1.165) is 22.1 Å². The molecule has 2 aromatic rings. The molecule has 0 unspecified atom stereocenters. The molecule has 0 heterocycles. The largest absolute Gasteiger partial charge is 0.324 e. The molecule has 0 aliphatic rings. The lowest BCUT2D eigenvalue weighted by Gasteiger charge is -2.31. The van der Waals surface area contributed by atoms with Gasteiger partial charge in [-0.3, -0.25) is 0 Å². The van der Waals surface area contributed by atoms with Gasteiger partial charge in [-0.1, -0.05) is 60.7 Å². The number of hydrogen-bond acceptors (Lipinski definition) is 1. The van der Waals surface area contributed by atoms with Crippen LogP contribution in [0.15, 0.2) is 60.7 Å². The molecule has 0 amide bonds. The zero-order valence-corrected chi connectivity index (χ0v) is 17.1. The smallest absolute Gasteiger partial charge is 0.104 e. The van der Waals surface area contributed by atoms with Crippen LogP contribution in [0.25, 0.3) is 0 Å². The maximum Gasteiger partial charge on any atom is 0.104 e. The van der Waals surface area contributed by atoms with Crippen molar-refractivity contribution in [1.29, 1.82) is 0 Å². The summed E-state index contributed by atoms with van der Waals surface area (Å²) in [6.45, 7) is 4.64. The van der Waals surface area contributed by atoms with Gasteiger partial charge in [-0.2, -0.15) is 11.8 Å². The monoisotopic (exact) mass is 358 g/mol. The molecular weight excluding hydrogens is 324 g/mol. The molecule has 0 aliphatic heterocycles. The minimum atomic E-state index is 1.05. The molecule has 0 aliphatic carbocycles. The Labute approximate surface area is 158 Å². The van der Waals surface area contributed by atoms with E-state index >= 15 is 0 Å². The van der Waals surface area contributed by atoms with Crippen LogP contribution in [0.1, 0.15) is 11.1 Å². The third-order valence-corrected chi connectivity index (χ3v) is 5.53. The molecule has 25 heavy (non-hydrogen) atoms. The number of hydrogen-bond donors (Lipinski definition) is 0. The van der Waals surface area contributed by atoms with E-state index in [4.69, 9.17) is 0 Å². The van der Waals surface area contributed by atoms with Gasteiger partial charge >= 0.3 is 0 Å². The molecule has 136 valence electrons. The van der Waals surface area contributed by atoms with Crippen molar-refractivity contribution in [2.24, 2.45) is 0 Å². The fourth-order valence-electron chi connectivity index (χ4n) is 3.04. The molecule has 0 saturated carbocycles. The van der Waals surface area contributed by atoms with E-state index in [1.165, 1.54) is 35.7 Å². The first kappa shape index (κ1) is 20.0. The van der Waals surface area contributed by atoms with Crippen LogP contribution in [0, 0.1) is 0 Å². The average molecular weight is 359 g/mol. The molecule has 3 heteroatoms. The first-order chi connectivity index (χ1) is 11.9. The van der Waals surface area contributed by atoms with Crippen molar-refractivity contribution in [3.63, 3.8) is 0 Å². The van der Waals surface area contributed by atoms with E-state index < -0.39 is 0 Å². The lowest BCUT2D eigenvalue weighted by atomic mass is 10.2. The summed E-state index contributed by atoms with van der Waals surface area (Å²) < 4.78 is 2.11. The van der Waals surface area contributed by atoms with Gasteiger partial charge in [0.05, 0.1) is 41.3 Å². The van der Waals surface area contributed by atoms with E-state index in [1.807, 2.05) is 0 Å². The van der Waals surface area contributed by atoms with Crippen molar-refractivity contribution < 1.29 is 8.97 Å². The van der Waals surface area contributed by atoms with Crippen LogP contribution in [-0.4, -0.2) is 61.8 Å². The first-order valence-corrected chi connectivity index (χ1v) is 10.3. The van der Waals surface area contributed by atoms with Crippen LogP contribution < -0.4 is 0 Å². The molecule has 0 atom stereocenters. The van der Waals surface area contributed by atoms with Crippen molar-refractivity contribution in [3.8, 4) is 0 Å². The van der Waals surface area contributed by atoms with Crippen LogP contribution in [0.4, 0.5) is 0 Å². The van der Waals surface area contributed by atoms with Gasteiger partial charge in [0.1, 0.15) is 13.1 Å². The van der Waals surface area contributed by atoms with Gasteiger partial charge in [0.2, 0.25) is 0 Å². The van der Waals surface area contributed by atoms with Gasteiger partial charge in [0.15, 0.2) is 0 Å². The quantitative estimate of drug-likeness (QED) is 0.451. The van der Waals surface area contributed by atoms with Crippen LogP contribution >= 0.6 is 11.8 Å². The maximum atomic E-state index is 2.34. The van der Waals surface area contributed by atoms with Crippen molar-refractivity contribution >= 4 is 11.8 Å². The Morgan fingerprint density at radius 1 is 0.600 bits per heavy atom. The fourth-order valence-corrected chi connectivity index (χ4v) is 4.49. The summed E-state index contributed by atoms with van der Waals surface area (Å²) in [6, 6.07) is 21.7. The highest BCUT2D eigenvalue weighted by Gasteiger charge is 2.17. The summed E-state index contributed by atoms with van der Waals surface area (Å²) >= 11 is 2.10. The number of rotatable bonds is 10. The zero-order chi connectivity index (χ0) is 18.2. The second-order valence-corrected chi connectivity index (χ2v) is 9.44. The normalized spacial score (nSPS) is 12.3. The molecule has 0 spiro atoms. The van der Waals surface area contributed by atoms with Crippen LogP contribution in [0.2, 0.25) is 0 Å². The van der Waals surface area contributed by atoms with E-state index in [2.05, 4.69) is 101 Å². The Morgan fingerprint density at radius 2 is 0.960 bits per heavy atom. The van der Waals surface area contributed by atoms with Crippen molar-refractivity contribution in [2.75, 3.05) is 52.8 Å². The van der Waals surface area contributed by atoms with Gasteiger partial charge in [-0.05, 0) is 0 Å². The second-order valence-electron chi connectivity index (χ2n) is 8.22. The molecule has 0 fully saturated rings. The van der Waals surface area contributed by atoms with Gasteiger partial charge in [0, 0.05) is 22.6 Å². The molecule has 0 aromatic heterocycles. The molecular formula is C22H34N2S+2. The average Bonchev–Trinajstić information content (AvgIpc) is 2.55. The van der Waals surface area contributed by atoms with E-state index in [0.29, 0.717) is 0 Å². The van der Waals surface area contributed by atoms with Crippen LogP contribution in [-0.2, 0) is 13.1 Å². The first-order valence-electron chi connectivity index (χ1n) is 9.16. The van der Waals surface area contributed by atoms with Gasteiger partial charge < -0.3 is 8.97 Å². The Kier molecular flexibility index (Phi) is 7.55. The molecule has 0 bridgehead atoms.